The van der Waals surface area contributed by atoms with Crippen LogP contribution in [-0.2, 0) is 0 Å². The highest BCUT2D eigenvalue weighted by atomic mass is 19.1. The van der Waals surface area contributed by atoms with Gasteiger partial charge in [0.1, 0.15) is 17.5 Å². The maximum Gasteiger partial charge on any atom is 0.281 e. The van der Waals surface area contributed by atoms with Crippen LogP contribution in [0.3, 0.4) is 0 Å². The van der Waals surface area contributed by atoms with Crippen molar-refractivity contribution in [1.82, 2.24) is 9.55 Å². The normalized spacial score (nSPS) is 14.0. The van der Waals surface area contributed by atoms with E-state index in [1.54, 1.807) is 6.92 Å². The number of hydrogen-bond donors (Lipinski definition) is 1. The largest absolute Gasteiger partial charge is 0.440 e. The molecule has 4 aromatic rings. The molecule has 9 heteroatoms. The van der Waals surface area contributed by atoms with Crippen LogP contribution in [0.15, 0.2) is 33.5 Å². The molecule has 0 atom stereocenters. The first-order valence-corrected chi connectivity index (χ1v) is 9.20. The second-order valence-corrected chi connectivity index (χ2v) is 7.34. The van der Waals surface area contributed by atoms with Crippen LogP contribution in [0.5, 0.6) is 0 Å². The molecule has 1 fully saturated rings. The number of aryl methyl sites for hydroxylation is 1. The molecule has 5 rings (SSSR count). The van der Waals surface area contributed by atoms with Crippen molar-refractivity contribution in [1.29, 1.82) is 0 Å². The SMILES string of the molecule is Cc1nc2c(=O)n(C3CC3)c3cc(-c4cc(F)c(C(N)=O)cc4F)c(F)cc3c2o1. The summed E-state index contributed by atoms with van der Waals surface area (Å²) in [4.78, 5) is 28.3. The molecule has 2 N–H and O–H groups in total. The van der Waals surface area contributed by atoms with Crippen LogP contribution in [0.1, 0.15) is 35.1 Å². The van der Waals surface area contributed by atoms with Gasteiger partial charge in [-0.25, -0.2) is 18.2 Å². The van der Waals surface area contributed by atoms with Crippen molar-refractivity contribution in [3.63, 3.8) is 0 Å². The summed E-state index contributed by atoms with van der Waals surface area (Å²) >= 11 is 0. The number of halogens is 3. The molecule has 0 unspecified atom stereocenters. The molecule has 1 amide bonds. The van der Waals surface area contributed by atoms with Gasteiger partial charge in [0, 0.05) is 29.5 Å². The van der Waals surface area contributed by atoms with Crippen molar-refractivity contribution in [2.24, 2.45) is 5.73 Å². The van der Waals surface area contributed by atoms with Crippen LogP contribution in [0, 0.1) is 24.4 Å². The standard InChI is InChI=1S/C21H14F3N3O3/c1-8-26-18-19(30-8)13-6-15(23)11(7-17(13)27(21(18)29)9-2-3-9)10-4-16(24)12(20(25)28)5-14(10)22/h4-7,9H,2-3H2,1H3,(H2,25,28). The lowest BCUT2D eigenvalue weighted by Gasteiger charge is -2.13. The van der Waals surface area contributed by atoms with E-state index < -0.39 is 28.9 Å². The minimum atomic E-state index is -1.14. The summed E-state index contributed by atoms with van der Waals surface area (Å²) < 4.78 is 50.9. The van der Waals surface area contributed by atoms with E-state index in [4.69, 9.17) is 10.2 Å². The summed E-state index contributed by atoms with van der Waals surface area (Å²) in [5, 5.41) is 0.313. The Morgan fingerprint density at radius 3 is 2.43 bits per heavy atom. The van der Waals surface area contributed by atoms with Crippen LogP contribution in [0.2, 0.25) is 0 Å². The molecule has 0 radical (unpaired) electrons. The zero-order valence-electron chi connectivity index (χ0n) is 15.6. The van der Waals surface area contributed by atoms with E-state index in [1.807, 2.05) is 0 Å². The summed E-state index contributed by atoms with van der Waals surface area (Å²) in [6.07, 6.45) is 1.53. The fourth-order valence-corrected chi connectivity index (χ4v) is 3.76. The van der Waals surface area contributed by atoms with E-state index >= 15 is 4.39 Å². The van der Waals surface area contributed by atoms with Gasteiger partial charge in [0.05, 0.1) is 11.1 Å². The predicted octanol–water partition coefficient (Wildman–Crippen LogP) is 3.97. The molecular formula is C21H14F3N3O3. The lowest BCUT2D eigenvalue weighted by molar-refractivity contribution is 0.0996. The number of hydrogen-bond acceptors (Lipinski definition) is 4. The zero-order valence-corrected chi connectivity index (χ0v) is 15.6. The molecule has 2 heterocycles. The van der Waals surface area contributed by atoms with Gasteiger partial charge in [0.2, 0.25) is 0 Å². The van der Waals surface area contributed by atoms with Crippen molar-refractivity contribution < 1.29 is 22.4 Å². The Morgan fingerprint density at radius 1 is 1.10 bits per heavy atom. The quantitative estimate of drug-likeness (QED) is 0.550. The maximum absolute atomic E-state index is 15.0. The van der Waals surface area contributed by atoms with Gasteiger partial charge in [-0.3, -0.25) is 9.59 Å². The lowest BCUT2D eigenvalue weighted by Crippen LogP contribution is -2.20. The number of amides is 1. The third-order valence-electron chi connectivity index (χ3n) is 5.27. The van der Waals surface area contributed by atoms with Crippen LogP contribution in [-0.4, -0.2) is 15.5 Å². The minimum Gasteiger partial charge on any atom is -0.440 e. The van der Waals surface area contributed by atoms with Gasteiger partial charge < -0.3 is 14.7 Å². The topological polar surface area (TPSA) is 91.1 Å². The maximum atomic E-state index is 15.0. The summed E-state index contributed by atoms with van der Waals surface area (Å²) in [5.74, 6) is -3.80. The smallest absolute Gasteiger partial charge is 0.281 e. The number of aromatic nitrogens is 2. The van der Waals surface area contributed by atoms with Crippen LogP contribution < -0.4 is 11.3 Å². The Balaban J connectivity index is 1.86. The molecule has 0 bridgehead atoms. The third-order valence-corrected chi connectivity index (χ3v) is 5.27. The van der Waals surface area contributed by atoms with Crippen molar-refractivity contribution in [3.8, 4) is 11.1 Å². The molecule has 30 heavy (non-hydrogen) atoms. The van der Waals surface area contributed by atoms with E-state index in [0.717, 1.165) is 25.0 Å². The van der Waals surface area contributed by atoms with E-state index in [-0.39, 0.29) is 39.7 Å². The van der Waals surface area contributed by atoms with Crippen molar-refractivity contribution in [2.75, 3.05) is 0 Å². The molecular weight excluding hydrogens is 399 g/mol. The third kappa shape index (κ3) is 2.62. The number of carbonyl (C=O) groups excluding carboxylic acids is 1. The number of oxazole rings is 1. The molecule has 1 saturated carbocycles. The van der Waals surface area contributed by atoms with E-state index in [1.165, 1.54) is 10.6 Å². The Labute approximate surface area is 166 Å². The molecule has 1 aliphatic rings. The summed E-state index contributed by atoms with van der Waals surface area (Å²) in [6, 6.07) is 3.68. The first-order chi connectivity index (χ1) is 14.3. The monoisotopic (exact) mass is 413 g/mol. The second-order valence-electron chi connectivity index (χ2n) is 7.34. The van der Waals surface area contributed by atoms with Gasteiger partial charge in [-0.2, -0.15) is 0 Å². The van der Waals surface area contributed by atoms with Crippen molar-refractivity contribution in [2.45, 2.75) is 25.8 Å². The first kappa shape index (κ1) is 18.4. The first-order valence-electron chi connectivity index (χ1n) is 9.20. The fraction of sp³-hybridized carbons (Fsp3) is 0.190. The highest BCUT2D eigenvalue weighted by Gasteiger charge is 2.30. The summed E-state index contributed by atoms with van der Waals surface area (Å²) in [6.45, 7) is 1.58. The van der Waals surface area contributed by atoms with Gasteiger partial charge >= 0.3 is 0 Å². The Morgan fingerprint density at radius 2 is 1.77 bits per heavy atom. The molecule has 6 nitrogen and oxygen atoms in total. The van der Waals surface area contributed by atoms with Gasteiger partial charge in [-0.1, -0.05) is 0 Å². The number of carbonyl (C=O) groups is 1. The molecule has 0 aliphatic heterocycles. The van der Waals surface area contributed by atoms with Crippen molar-refractivity contribution in [3.05, 3.63) is 63.5 Å². The predicted molar refractivity (Wildman–Crippen MR) is 103 cm³/mol. The summed E-state index contributed by atoms with van der Waals surface area (Å²) in [7, 11) is 0. The van der Waals surface area contributed by atoms with Gasteiger partial charge in [0.15, 0.2) is 17.0 Å². The van der Waals surface area contributed by atoms with Gasteiger partial charge in [-0.05, 0) is 37.1 Å². The second kappa shape index (κ2) is 6.19. The Hall–Kier alpha value is -3.62. The lowest BCUT2D eigenvalue weighted by atomic mass is 9.99. The Kier molecular flexibility index (Phi) is 3.80. The van der Waals surface area contributed by atoms with E-state index in [2.05, 4.69) is 4.98 Å². The zero-order chi connectivity index (χ0) is 21.3. The van der Waals surface area contributed by atoms with Gasteiger partial charge in [-0.15, -0.1) is 0 Å². The molecule has 0 spiro atoms. The number of nitrogens with zero attached hydrogens (tertiary/aromatic N) is 2. The number of rotatable bonds is 3. The van der Waals surface area contributed by atoms with E-state index in [9.17, 15) is 18.4 Å². The number of fused-ring (bicyclic) bond motifs is 3. The molecule has 1 aliphatic carbocycles. The minimum absolute atomic E-state index is 0.0847. The average Bonchev–Trinajstić information content (AvgIpc) is 3.43. The van der Waals surface area contributed by atoms with Crippen LogP contribution in [0.25, 0.3) is 33.1 Å². The number of nitrogens with two attached hydrogens (primary N) is 1. The van der Waals surface area contributed by atoms with Crippen LogP contribution in [0.4, 0.5) is 13.2 Å². The molecule has 0 saturated heterocycles. The van der Waals surface area contributed by atoms with E-state index in [0.29, 0.717) is 17.0 Å². The number of pyridine rings is 1. The molecule has 2 aromatic carbocycles. The van der Waals surface area contributed by atoms with Crippen LogP contribution >= 0.6 is 0 Å². The van der Waals surface area contributed by atoms with Crippen molar-refractivity contribution >= 4 is 27.9 Å². The fourth-order valence-electron chi connectivity index (χ4n) is 3.76. The molecule has 2 aromatic heterocycles. The highest BCUT2D eigenvalue weighted by molar-refractivity contribution is 6.02. The highest BCUT2D eigenvalue weighted by Crippen LogP contribution is 2.39. The Bertz CT molecular complexity index is 1450. The van der Waals surface area contributed by atoms with Gasteiger partial charge in [0.25, 0.3) is 11.5 Å². The number of primary amides is 1. The summed E-state index contributed by atoms with van der Waals surface area (Å²) in [5.41, 5.74) is 3.96. The number of benzene rings is 2. The average molecular weight is 413 g/mol. The molecule has 152 valence electrons.